The van der Waals surface area contributed by atoms with E-state index in [-0.39, 0.29) is 18.9 Å². The number of carbonyl (C=O) groups is 2. The Morgan fingerprint density at radius 1 is 1.10 bits per heavy atom. The van der Waals surface area contributed by atoms with Crippen molar-refractivity contribution in [3.63, 3.8) is 0 Å². The lowest BCUT2D eigenvalue weighted by Gasteiger charge is -2.12. The van der Waals surface area contributed by atoms with E-state index < -0.39 is 5.97 Å². The van der Waals surface area contributed by atoms with Gasteiger partial charge in [-0.1, -0.05) is 72.5 Å². The molecule has 0 unspecified atom stereocenters. The van der Waals surface area contributed by atoms with Gasteiger partial charge in [0.05, 0.1) is 11.3 Å². The molecule has 0 spiro atoms. The maximum absolute atomic E-state index is 12.7. The number of para-hydroxylation sites is 1. The Morgan fingerprint density at radius 3 is 2.59 bits per heavy atom. The van der Waals surface area contributed by atoms with Crippen molar-refractivity contribution in [1.29, 1.82) is 0 Å². The Hall–Kier alpha value is -2.90. The van der Waals surface area contributed by atoms with Crippen LogP contribution in [0, 0.1) is 0 Å². The molecule has 0 atom stereocenters. The molecule has 0 aliphatic carbocycles. The minimum atomic E-state index is -0.952. The van der Waals surface area contributed by atoms with Crippen LogP contribution in [0.3, 0.4) is 0 Å². The number of hydrogen-bond donors (Lipinski definition) is 1. The van der Waals surface area contributed by atoms with Gasteiger partial charge in [-0.2, -0.15) is 0 Å². The maximum Gasteiger partial charge on any atom is 0.305 e. The zero-order valence-electron chi connectivity index (χ0n) is 15.4. The topological polar surface area (TPSA) is 62.5 Å². The molecular formula is C22H18N2O3S2. The molecule has 4 rings (SSSR count). The summed E-state index contributed by atoms with van der Waals surface area (Å²) in [7, 11) is 0. The van der Waals surface area contributed by atoms with E-state index in [0.29, 0.717) is 9.23 Å². The monoisotopic (exact) mass is 422 g/mol. The summed E-state index contributed by atoms with van der Waals surface area (Å²) in [6.45, 7) is 0.821. The Kier molecular flexibility index (Phi) is 5.51. The first kappa shape index (κ1) is 19.4. The molecule has 1 aliphatic heterocycles. The van der Waals surface area contributed by atoms with Crippen molar-refractivity contribution >= 4 is 57.2 Å². The van der Waals surface area contributed by atoms with E-state index >= 15 is 0 Å². The average molecular weight is 423 g/mol. The summed E-state index contributed by atoms with van der Waals surface area (Å²) in [5.41, 5.74) is 3.22. The van der Waals surface area contributed by atoms with Crippen molar-refractivity contribution in [2.45, 2.75) is 13.0 Å². The molecule has 1 aromatic heterocycles. The van der Waals surface area contributed by atoms with E-state index in [2.05, 4.69) is 22.8 Å². The van der Waals surface area contributed by atoms with Gasteiger partial charge >= 0.3 is 5.97 Å². The molecule has 146 valence electrons. The van der Waals surface area contributed by atoms with Crippen molar-refractivity contribution in [3.8, 4) is 0 Å². The van der Waals surface area contributed by atoms with Crippen LogP contribution in [0.1, 0.15) is 17.5 Å². The van der Waals surface area contributed by atoms with E-state index in [0.717, 1.165) is 23.0 Å². The van der Waals surface area contributed by atoms with E-state index in [1.165, 1.54) is 22.2 Å². The predicted molar refractivity (Wildman–Crippen MR) is 120 cm³/mol. The third-order valence-electron chi connectivity index (χ3n) is 4.72. The zero-order chi connectivity index (χ0) is 20.4. The highest BCUT2D eigenvalue weighted by Gasteiger charge is 2.32. The van der Waals surface area contributed by atoms with Crippen LogP contribution in [0.4, 0.5) is 0 Å². The highest BCUT2D eigenvalue weighted by Crippen LogP contribution is 2.34. The molecule has 1 fully saturated rings. The Labute approximate surface area is 177 Å². The summed E-state index contributed by atoms with van der Waals surface area (Å²) < 4.78 is 2.57. The SMILES string of the molecule is O=C(O)CCN1C(=O)/C(=C/c2cn(Cc3ccccc3)c3ccccc23)SC1=S. The van der Waals surface area contributed by atoms with Gasteiger partial charge < -0.3 is 9.67 Å². The standard InChI is InChI=1S/C22H18N2O3S2/c25-20(26)10-11-24-21(27)19(29-22(24)28)12-16-14-23(13-15-6-2-1-3-7-15)18-9-5-4-8-17(16)18/h1-9,12,14H,10-11,13H2,(H,25,26)/b19-12-. The van der Waals surface area contributed by atoms with Crippen molar-refractivity contribution in [1.82, 2.24) is 9.47 Å². The molecule has 1 saturated heterocycles. The lowest BCUT2D eigenvalue weighted by atomic mass is 10.1. The highest BCUT2D eigenvalue weighted by molar-refractivity contribution is 8.26. The first-order chi connectivity index (χ1) is 14.0. The molecule has 1 amide bonds. The maximum atomic E-state index is 12.7. The average Bonchev–Trinajstić information content (AvgIpc) is 3.18. The number of rotatable bonds is 6. The number of thiocarbonyl (C=S) groups is 1. The second-order valence-corrected chi connectivity index (χ2v) is 8.37. The van der Waals surface area contributed by atoms with Crippen LogP contribution in [0.15, 0.2) is 65.7 Å². The molecular weight excluding hydrogens is 404 g/mol. The third-order valence-corrected chi connectivity index (χ3v) is 6.10. The highest BCUT2D eigenvalue weighted by atomic mass is 32.2. The molecule has 2 aromatic carbocycles. The van der Waals surface area contributed by atoms with Gasteiger partial charge in [0.2, 0.25) is 0 Å². The molecule has 5 nitrogen and oxygen atoms in total. The first-order valence-electron chi connectivity index (χ1n) is 9.12. The second kappa shape index (κ2) is 8.23. The number of carboxylic acids is 1. The van der Waals surface area contributed by atoms with Gasteiger partial charge in [0, 0.05) is 35.8 Å². The molecule has 3 aromatic rings. The summed E-state index contributed by atoms with van der Waals surface area (Å²) in [6, 6.07) is 18.3. The lowest BCUT2D eigenvalue weighted by Crippen LogP contribution is -2.30. The fourth-order valence-electron chi connectivity index (χ4n) is 3.34. The Bertz CT molecular complexity index is 1140. The molecule has 0 bridgehead atoms. The number of carboxylic acid groups (broad SMARTS) is 1. The van der Waals surface area contributed by atoms with Gasteiger partial charge in [-0.25, -0.2) is 0 Å². The molecule has 29 heavy (non-hydrogen) atoms. The fraction of sp³-hybridized carbons (Fsp3) is 0.136. The van der Waals surface area contributed by atoms with E-state index in [9.17, 15) is 9.59 Å². The number of hydrogen-bond acceptors (Lipinski definition) is 4. The van der Waals surface area contributed by atoms with E-state index in [4.69, 9.17) is 17.3 Å². The van der Waals surface area contributed by atoms with Gasteiger partial charge in [-0.05, 0) is 17.7 Å². The van der Waals surface area contributed by atoms with Gasteiger partial charge in [0.15, 0.2) is 0 Å². The smallest absolute Gasteiger partial charge is 0.305 e. The lowest BCUT2D eigenvalue weighted by molar-refractivity contribution is -0.137. The van der Waals surface area contributed by atoms with Gasteiger partial charge in [-0.3, -0.25) is 14.5 Å². The number of amides is 1. The Morgan fingerprint density at radius 2 is 1.83 bits per heavy atom. The van der Waals surface area contributed by atoms with Crippen LogP contribution in [0.2, 0.25) is 0 Å². The van der Waals surface area contributed by atoms with Crippen LogP contribution in [0.25, 0.3) is 17.0 Å². The largest absolute Gasteiger partial charge is 0.481 e. The minimum absolute atomic E-state index is 0.0904. The van der Waals surface area contributed by atoms with Gasteiger partial charge in [0.25, 0.3) is 5.91 Å². The summed E-state index contributed by atoms with van der Waals surface area (Å²) >= 11 is 6.50. The molecule has 0 radical (unpaired) electrons. The third kappa shape index (κ3) is 4.11. The van der Waals surface area contributed by atoms with E-state index in [1.54, 1.807) is 0 Å². The zero-order valence-corrected chi connectivity index (χ0v) is 17.1. The number of benzene rings is 2. The van der Waals surface area contributed by atoms with E-state index in [1.807, 2.05) is 48.7 Å². The molecule has 7 heteroatoms. The number of carbonyl (C=O) groups excluding carboxylic acids is 1. The van der Waals surface area contributed by atoms with Crippen LogP contribution in [-0.4, -0.2) is 37.3 Å². The van der Waals surface area contributed by atoms with Gasteiger partial charge in [0.1, 0.15) is 4.32 Å². The predicted octanol–water partition coefficient (Wildman–Crippen LogP) is 4.37. The van der Waals surface area contributed by atoms with Crippen molar-refractivity contribution in [2.24, 2.45) is 0 Å². The summed E-state index contributed by atoms with van der Waals surface area (Å²) in [5.74, 6) is -1.19. The van der Waals surface area contributed by atoms with Crippen molar-refractivity contribution in [2.75, 3.05) is 6.54 Å². The van der Waals surface area contributed by atoms with Crippen LogP contribution >= 0.6 is 24.0 Å². The number of aromatic nitrogens is 1. The quantitative estimate of drug-likeness (QED) is 0.472. The Balaban J connectivity index is 1.67. The number of nitrogens with zero attached hydrogens (tertiary/aromatic N) is 2. The number of thioether (sulfide) groups is 1. The van der Waals surface area contributed by atoms with Gasteiger partial charge in [-0.15, -0.1) is 0 Å². The molecule has 2 heterocycles. The molecule has 0 saturated carbocycles. The van der Waals surface area contributed by atoms with Crippen LogP contribution in [-0.2, 0) is 16.1 Å². The van der Waals surface area contributed by atoms with Crippen molar-refractivity contribution in [3.05, 3.63) is 76.8 Å². The summed E-state index contributed by atoms with van der Waals surface area (Å²) in [4.78, 5) is 25.4. The summed E-state index contributed by atoms with van der Waals surface area (Å²) in [6.07, 6.45) is 3.77. The van der Waals surface area contributed by atoms with Crippen molar-refractivity contribution < 1.29 is 14.7 Å². The van der Waals surface area contributed by atoms with Crippen LogP contribution in [0.5, 0.6) is 0 Å². The number of aliphatic carboxylic acids is 1. The summed E-state index contributed by atoms with van der Waals surface area (Å²) in [5, 5.41) is 9.94. The number of fused-ring (bicyclic) bond motifs is 1. The molecule has 1 aliphatic rings. The fourth-order valence-corrected chi connectivity index (χ4v) is 4.64. The first-order valence-corrected chi connectivity index (χ1v) is 10.3. The second-order valence-electron chi connectivity index (χ2n) is 6.69. The molecule has 1 N–H and O–H groups in total. The normalized spacial score (nSPS) is 15.6. The minimum Gasteiger partial charge on any atom is -0.481 e. The van der Waals surface area contributed by atoms with Crippen LogP contribution < -0.4 is 0 Å².